The number of pyridine rings is 1. The Morgan fingerprint density at radius 2 is 1.90 bits per heavy atom. The van der Waals surface area contributed by atoms with Crippen molar-refractivity contribution >= 4 is 35.0 Å². The molecule has 0 radical (unpaired) electrons. The lowest BCUT2D eigenvalue weighted by molar-refractivity contribution is -0.137. The second-order valence-electron chi connectivity index (χ2n) is 6.81. The average molecular weight is 442 g/mol. The fraction of sp³-hybridized carbons (Fsp3) is 0.350. The standard InChI is InChI=1S/C20H19ClF3N3O3/c1-30-19(29)14-4-2-3-5-16(14)26-18(28)12-6-8-27(9-7-12)17-15(21)10-13(11-25-17)20(22,23)24/h2-5,10-12H,6-9H2,1H3,(H,26,28). The third kappa shape index (κ3) is 4.84. The molecule has 6 nitrogen and oxygen atoms in total. The van der Waals surface area contributed by atoms with E-state index >= 15 is 0 Å². The van der Waals surface area contributed by atoms with Gasteiger partial charge in [0.25, 0.3) is 0 Å². The molecule has 160 valence electrons. The van der Waals surface area contributed by atoms with E-state index in [1.807, 2.05) is 0 Å². The molecule has 0 saturated carbocycles. The van der Waals surface area contributed by atoms with Crippen LogP contribution in [0.3, 0.4) is 0 Å². The quantitative estimate of drug-likeness (QED) is 0.712. The van der Waals surface area contributed by atoms with Crippen molar-refractivity contribution in [3.8, 4) is 0 Å². The number of aromatic nitrogens is 1. The number of carbonyl (C=O) groups is 2. The van der Waals surface area contributed by atoms with Gasteiger partial charge in [-0.25, -0.2) is 9.78 Å². The summed E-state index contributed by atoms with van der Waals surface area (Å²) in [6.07, 6.45) is -2.83. The molecule has 0 atom stereocenters. The summed E-state index contributed by atoms with van der Waals surface area (Å²) >= 11 is 6.01. The zero-order valence-electron chi connectivity index (χ0n) is 16.0. The smallest absolute Gasteiger partial charge is 0.417 e. The Bertz CT molecular complexity index is 944. The van der Waals surface area contributed by atoms with E-state index in [-0.39, 0.29) is 28.2 Å². The first-order valence-corrected chi connectivity index (χ1v) is 9.54. The number of methoxy groups -OCH3 is 1. The Morgan fingerprint density at radius 3 is 2.50 bits per heavy atom. The van der Waals surface area contributed by atoms with E-state index in [9.17, 15) is 22.8 Å². The number of hydrogen-bond donors (Lipinski definition) is 1. The number of carbonyl (C=O) groups excluding carboxylic acids is 2. The summed E-state index contributed by atoms with van der Waals surface area (Å²) < 4.78 is 43.0. The number of ether oxygens (including phenoxy) is 1. The number of piperidine rings is 1. The number of para-hydroxylation sites is 1. The minimum Gasteiger partial charge on any atom is -0.465 e. The summed E-state index contributed by atoms with van der Waals surface area (Å²) in [6.45, 7) is 0.823. The van der Waals surface area contributed by atoms with Gasteiger partial charge in [-0.05, 0) is 31.0 Å². The van der Waals surface area contributed by atoms with Crippen molar-refractivity contribution in [2.75, 3.05) is 30.4 Å². The largest absolute Gasteiger partial charge is 0.465 e. The van der Waals surface area contributed by atoms with Crippen LogP contribution in [0.1, 0.15) is 28.8 Å². The van der Waals surface area contributed by atoms with Gasteiger partial charge in [-0.1, -0.05) is 23.7 Å². The molecule has 1 aromatic heterocycles. The van der Waals surface area contributed by atoms with Gasteiger partial charge < -0.3 is 15.0 Å². The fourth-order valence-corrected chi connectivity index (χ4v) is 3.57. The number of alkyl halides is 3. The molecule has 0 bridgehead atoms. The van der Waals surface area contributed by atoms with Crippen molar-refractivity contribution in [2.24, 2.45) is 5.92 Å². The Labute approximate surface area is 176 Å². The van der Waals surface area contributed by atoms with Gasteiger partial charge in [0.05, 0.1) is 28.9 Å². The minimum atomic E-state index is -4.51. The van der Waals surface area contributed by atoms with Gasteiger partial charge in [0.1, 0.15) is 5.82 Å². The summed E-state index contributed by atoms with van der Waals surface area (Å²) in [5.41, 5.74) is -0.287. The van der Waals surface area contributed by atoms with Crippen molar-refractivity contribution in [3.63, 3.8) is 0 Å². The lowest BCUT2D eigenvalue weighted by Crippen LogP contribution is -2.39. The molecule has 1 amide bonds. The number of nitrogens with one attached hydrogen (secondary N) is 1. The molecule has 2 heterocycles. The van der Waals surface area contributed by atoms with Crippen molar-refractivity contribution in [2.45, 2.75) is 19.0 Å². The van der Waals surface area contributed by atoms with Crippen molar-refractivity contribution < 1.29 is 27.5 Å². The molecule has 2 aromatic rings. The third-order valence-electron chi connectivity index (χ3n) is 4.90. The van der Waals surface area contributed by atoms with E-state index < -0.39 is 17.7 Å². The molecular weight excluding hydrogens is 423 g/mol. The second kappa shape index (κ2) is 8.91. The lowest BCUT2D eigenvalue weighted by atomic mass is 9.95. The maximum Gasteiger partial charge on any atom is 0.417 e. The number of amides is 1. The van der Waals surface area contributed by atoms with E-state index in [0.717, 1.165) is 12.3 Å². The summed E-state index contributed by atoms with van der Waals surface area (Å²) in [4.78, 5) is 30.1. The summed E-state index contributed by atoms with van der Waals surface area (Å²) in [6, 6.07) is 7.39. The molecule has 3 rings (SSSR count). The third-order valence-corrected chi connectivity index (χ3v) is 5.18. The van der Waals surface area contributed by atoms with Crippen LogP contribution < -0.4 is 10.2 Å². The molecule has 1 N–H and O–H groups in total. The SMILES string of the molecule is COC(=O)c1ccccc1NC(=O)C1CCN(c2ncc(C(F)(F)F)cc2Cl)CC1. The molecule has 0 spiro atoms. The second-order valence-corrected chi connectivity index (χ2v) is 7.22. The van der Waals surface area contributed by atoms with Crippen LogP contribution >= 0.6 is 11.6 Å². The van der Waals surface area contributed by atoms with Crippen molar-refractivity contribution in [3.05, 3.63) is 52.7 Å². The zero-order chi connectivity index (χ0) is 21.9. The molecule has 30 heavy (non-hydrogen) atoms. The highest BCUT2D eigenvalue weighted by atomic mass is 35.5. The monoisotopic (exact) mass is 441 g/mol. The summed E-state index contributed by atoms with van der Waals surface area (Å²) in [7, 11) is 1.26. The van der Waals surface area contributed by atoms with Crippen LogP contribution in [0.15, 0.2) is 36.5 Å². The van der Waals surface area contributed by atoms with Crippen LogP contribution in [-0.4, -0.2) is 37.1 Å². The number of nitrogens with zero attached hydrogens (tertiary/aromatic N) is 2. The number of rotatable bonds is 4. The molecule has 1 saturated heterocycles. The number of anilines is 2. The van der Waals surface area contributed by atoms with Gasteiger partial charge in [0, 0.05) is 25.2 Å². The average Bonchev–Trinajstić information content (AvgIpc) is 2.73. The molecule has 1 aliphatic rings. The molecule has 1 aromatic carbocycles. The first kappa shape index (κ1) is 21.9. The molecule has 0 unspecified atom stereocenters. The predicted molar refractivity (Wildman–Crippen MR) is 106 cm³/mol. The van der Waals surface area contributed by atoms with Crippen LogP contribution in [-0.2, 0) is 15.7 Å². The Kier molecular flexibility index (Phi) is 6.50. The lowest BCUT2D eigenvalue weighted by Gasteiger charge is -2.32. The van der Waals surface area contributed by atoms with Crippen LogP contribution in [0, 0.1) is 5.92 Å². The van der Waals surface area contributed by atoms with Crippen molar-refractivity contribution in [1.82, 2.24) is 4.98 Å². The van der Waals surface area contributed by atoms with E-state index in [1.165, 1.54) is 7.11 Å². The highest BCUT2D eigenvalue weighted by molar-refractivity contribution is 6.33. The van der Waals surface area contributed by atoms with E-state index in [2.05, 4.69) is 10.3 Å². The number of hydrogen-bond acceptors (Lipinski definition) is 5. The van der Waals surface area contributed by atoms with Gasteiger partial charge >= 0.3 is 12.1 Å². The molecule has 0 aliphatic carbocycles. The van der Waals surface area contributed by atoms with Crippen LogP contribution in [0.4, 0.5) is 24.7 Å². The van der Waals surface area contributed by atoms with Crippen LogP contribution in [0.2, 0.25) is 5.02 Å². The van der Waals surface area contributed by atoms with Gasteiger partial charge in [0.2, 0.25) is 5.91 Å². The van der Waals surface area contributed by atoms with E-state index in [0.29, 0.717) is 31.6 Å². The zero-order valence-corrected chi connectivity index (χ0v) is 16.8. The Hall–Kier alpha value is -2.81. The Morgan fingerprint density at radius 1 is 1.23 bits per heavy atom. The molecular formula is C20H19ClF3N3O3. The number of esters is 1. The molecule has 1 fully saturated rings. The summed E-state index contributed by atoms with van der Waals surface area (Å²) in [5.74, 6) is -0.846. The normalized spacial score (nSPS) is 15.0. The number of halogens is 4. The Balaban J connectivity index is 1.64. The predicted octanol–water partition coefficient (Wildman–Crippen LogP) is 4.40. The van der Waals surface area contributed by atoms with E-state index in [4.69, 9.17) is 16.3 Å². The summed E-state index contributed by atoms with van der Waals surface area (Å²) in [5, 5.41) is 2.68. The van der Waals surface area contributed by atoms with Gasteiger partial charge in [-0.3, -0.25) is 4.79 Å². The topological polar surface area (TPSA) is 71.5 Å². The fourth-order valence-electron chi connectivity index (χ4n) is 3.29. The van der Waals surface area contributed by atoms with Crippen LogP contribution in [0.5, 0.6) is 0 Å². The maximum absolute atomic E-state index is 12.8. The van der Waals surface area contributed by atoms with Crippen molar-refractivity contribution in [1.29, 1.82) is 0 Å². The molecule has 10 heteroatoms. The molecule has 1 aliphatic heterocycles. The maximum atomic E-state index is 12.8. The van der Waals surface area contributed by atoms with Gasteiger partial charge in [0.15, 0.2) is 0 Å². The highest BCUT2D eigenvalue weighted by Crippen LogP contribution is 2.34. The first-order valence-electron chi connectivity index (χ1n) is 9.16. The van der Waals surface area contributed by atoms with Gasteiger partial charge in [-0.15, -0.1) is 0 Å². The highest BCUT2D eigenvalue weighted by Gasteiger charge is 2.33. The minimum absolute atomic E-state index is 0.0836. The first-order chi connectivity index (χ1) is 14.2. The van der Waals surface area contributed by atoms with Crippen LogP contribution in [0.25, 0.3) is 0 Å². The van der Waals surface area contributed by atoms with Gasteiger partial charge in [-0.2, -0.15) is 13.2 Å². The number of benzene rings is 1. The van der Waals surface area contributed by atoms with E-state index in [1.54, 1.807) is 29.2 Å².